The van der Waals surface area contributed by atoms with Crippen molar-refractivity contribution in [1.82, 2.24) is 15.5 Å². The molecule has 0 unspecified atom stereocenters. The lowest BCUT2D eigenvalue weighted by molar-refractivity contribution is -0.120. The maximum absolute atomic E-state index is 11.9. The molecule has 124 valence electrons. The number of ether oxygens (including phenoxy) is 1. The van der Waals surface area contributed by atoms with E-state index in [-0.39, 0.29) is 5.91 Å². The molecular weight excluding hydrogens is 326 g/mol. The second kappa shape index (κ2) is 7.74. The maximum Gasteiger partial charge on any atom is 0.257 e. The first kappa shape index (κ1) is 16.2. The topological polar surface area (TPSA) is 77.2 Å². The van der Waals surface area contributed by atoms with Crippen LogP contribution in [-0.4, -0.2) is 29.8 Å². The van der Waals surface area contributed by atoms with Crippen molar-refractivity contribution in [2.75, 3.05) is 13.7 Å². The van der Waals surface area contributed by atoms with Crippen LogP contribution < -0.4 is 10.1 Å². The third-order valence-corrected chi connectivity index (χ3v) is 4.24. The summed E-state index contributed by atoms with van der Waals surface area (Å²) >= 11 is 1.55. The van der Waals surface area contributed by atoms with Crippen molar-refractivity contribution in [2.45, 2.75) is 12.8 Å². The van der Waals surface area contributed by atoms with E-state index < -0.39 is 0 Å². The molecule has 0 atom stereocenters. The van der Waals surface area contributed by atoms with Gasteiger partial charge in [-0.05, 0) is 29.1 Å². The van der Waals surface area contributed by atoms with Crippen molar-refractivity contribution in [3.63, 3.8) is 0 Å². The number of thiophene rings is 1. The monoisotopic (exact) mass is 343 g/mol. The van der Waals surface area contributed by atoms with E-state index in [1.54, 1.807) is 18.4 Å². The molecule has 6 nitrogen and oxygen atoms in total. The Labute approximate surface area is 143 Å². The van der Waals surface area contributed by atoms with Crippen LogP contribution in [0.2, 0.25) is 0 Å². The molecule has 3 aromatic rings. The Morgan fingerprint density at radius 1 is 1.25 bits per heavy atom. The van der Waals surface area contributed by atoms with E-state index in [0.29, 0.717) is 31.2 Å². The summed E-state index contributed by atoms with van der Waals surface area (Å²) in [6.45, 7) is 0.459. The van der Waals surface area contributed by atoms with Crippen molar-refractivity contribution >= 4 is 17.2 Å². The lowest BCUT2D eigenvalue weighted by Crippen LogP contribution is -2.27. The van der Waals surface area contributed by atoms with E-state index in [1.807, 2.05) is 41.8 Å². The van der Waals surface area contributed by atoms with Gasteiger partial charge in [0.15, 0.2) is 0 Å². The number of carbonyl (C=O) groups is 1. The molecule has 7 heteroatoms. The van der Waals surface area contributed by atoms with Gasteiger partial charge in [-0.3, -0.25) is 4.79 Å². The second-order valence-corrected chi connectivity index (χ2v) is 6.05. The van der Waals surface area contributed by atoms with Crippen molar-refractivity contribution in [3.8, 4) is 16.5 Å². The Morgan fingerprint density at radius 2 is 2.08 bits per heavy atom. The Kier molecular flexibility index (Phi) is 5.22. The first-order valence-corrected chi connectivity index (χ1v) is 8.38. The van der Waals surface area contributed by atoms with Crippen LogP contribution in [-0.2, 0) is 17.6 Å². The highest BCUT2D eigenvalue weighted by Gasteiger charge is 2.10. The van der Waals surface area contributed by atoms with Crippen molar-refractivity contribution in [3.05, 3.63) is 53.2 Å². The predicted molar refractivity (Wildman–Crippen MR) is 91.0 cm³/mol. The lowest BCUT2D eigenvalue weighted by Gasteiger charge is -2.05. The van der Waals surface area contributed by atoms with E-state index in [1.165, 1.54) is 0 Å². The quantitative estimate of drug-likeness (QED) is 0.714. The van der Waals surface area contributed by atoms with Gasteiger partial charge in [0, 0.05) is 13.0 Å². The number of carbonyl (C=O) groups excluding carboxylic acids is 1. The number of nitrogens with zero attached hydrogens (tertiary/aromatic N) is 2. The van der Waals surface area contributed by atoms with Crippen molar-refractivity contribution < 1.29 is 13.9 Å². The Balaban J connectivity index is 1.45. The highest BCUT2D eigenvalue weighted by Crippen LogP contribution is 2.22. The van der Waals surface area contributed by atoms with Gasteiger partial charge < -0.3 is 14.5 Å². The molecule has 2 heterocycles. The molecule has 0 saturated heterocycles. The van der Waals surface area contributed by atoms with Crippen LogP contribution in [0.4, 0.5) is 0 Å². The predicted octanol–water partition coefficient (Wildman–Crippen LogP) is 2.71. The molecule has 0 saturated carbocycles. The normalized spacial score (nSPS) is 10.5. The Hall–Kier alpha value is -2.67. The third-order valence-electron chi connectivity index (χ3n) is 3.38. The fraction of sp³-hybridized carbons (Fsp3) is 0.235. The summed E-state index contributed by atoms with van der Waals surface area (Å²) in [4.78, 5) is 12.9. The van der Waals surface area contributed by atoms with Crippen molar-refractivity contribution in [1.29, 1.82) is 0 Å². The average Bonchev–Trinajstić information content (AvgIpc) is 3.27. The van der Waals surface area contributed by atoms with E-state index in [0.717, 1.165) is 16.2 Å². The molecule has 0 radical (unpaired) electrons. The molecule has 3 rings (SSSR count). The number of hydrogen-bond donors (Lipinski definition) is 1. The number of aromatic nitrogens is 2. The zero-order chi connectivity index (χ0) is 16.8. The third kappa shape index (κ3) is 4.20. The maximum atomic E-state index is 11.9. The van der Waals surface area contributed by atoms with Crippen LogP contribution in [0.5, 0.6) is 5.75 Å². The van der Waals surface area contributed by atoms with Crippen LogP contribution in [0.25, 0.3) is 10.8 Å². The van der Waals surface area contributed by atoms with E-state index in [9.17, 15) is 4.79 Å². The molecule has 0 spiro atoms. The minimum atomic E-state index is -0.0434. The van der Waals surface area contributed by atoms with Gasteiger partial charge in [-0.1, -0.05) is 18.2 Å². The van der Waals surface area contributed by atoms with Gasteiger partial charge in [0.25, 0.3) is 5.89 Å². The largest absolute Gasteiger partial charge is 0.497 e. The minimum absolute atomic E-state index is 0.0434. The molecule has 1 aromatic carbocycles. The summed E-state index contributed by atoms with van der Waals surface area (Å²) in [5.41, 5.74) is 0.936. The molecule has 24 heavy (non-hydrogen) atoms. The minimum Gasteiger partial charge on any atom is -0.497 e. The number of nitrogens with one attached hydrogen (secondary N) is 1. The molecule has 0 fully saturated rings. The standard InChI is InChI=1S/C17H17N3O3S/c1-22-13-6-4-12(5-7-13)11-15(21)18-9-8-16-19-20-17(23-16)14-3-2-10-24-14/h2-7,10H,8-9,11H2,1H3,(H,18,21). The highest BCUT2D eigenvalue weighted by atomic mass is 32.1. The van der Waals surface area contributed by atoms with Gasteiger partial charge >= 0.3 is 0 Å². The van der Waals surface area contributed by atoms with Gasteiger partial charge in [0.05, 0.1) is 18.4 Å². The van der Waals surface area contributed by atoms with Crippen LogP contribution >= 0.6 is 11.3 Å². The zero-order valence-electron chi connectivity index (χ0n) is 13.2. The molecule has 0 aliphatic rings. The number of amides is 1. The average molecular weight is 343 g/mol. The smallest absolute Gasteiger partial charge is 0.257 e. The molecule has 2 aromatic heterocycles. The fourth-order valence-electron chi connectivity index (χ4n) is 2.15. The summed E-state index contributed by atoms with van der Waals surface area (Å²) in [5.74, 6) is 1.77. The lowest BCUT2D eigenvalue weighted by atomic mass is 10.1. The first-order valence-electron chi connectivity index (χ1n) is 7.50. The Bertz CT molecular complexity index is 782. The van der Waals surface area contributed by atoms with E-state index in [2.05, 4.69) is 15.5 Å². The van der Waals surface area contributed by atoms with Crippen LogP contribution in [0.1, 0.15) is 11.5 Å². The summed E-state index contributed by atoms with van der Waals surface area (Å²) in [5, 5.41) is 12.8. The summed E-state index contributed by atoms with van der Waals surface area (Å²) < 4.78 is 10.7. The molecule has 0 aliphatic heterocycles. The molecular formula is C17H17N3O3S. The Morgan fingerprint density at radius 3 is 2.79 bits per heavy atom. The van der Waals surface area contributed by atoms with E-state index in [4.69, 9.17) is 9.15 Å². The molecule has 0 aliphatic carbocycles. The highest BCUT2D eigenvalue weighted by molar-refractivity contribution is 7.13. The second-order valence-electron chi connectivity index (χ2n) is 5.10. The van der Waals surface area contributed by atoms with Gasteiger partial charge in [-0.2, -0.15) is 0 Å². The SMILES string of the molecule is COc1ccc(CC(=O)NCCc2nnc(-c3cccs3)o2)cc1. The summed E-state index contributed by atoms with van der Waals surface area (Å²) in [6.07, 6.45) is 0.834. The van der Waals surface area contributed by atoms with Crippen LogP contribution in [0.3, 0.4) is 0 Å². The molecule has 1 N–H and O–H groups in total. The van der Waals surface area contributed by atoms with Gasteiger partial charge in [0.1, 0.15) is 5.75 Å². The zero-order valence-corrected chi connectivity index (χ0v) is 14.0. The van der Waals surface area contributed by atoms with Crippen LogP contribution in [0.15, 0.2) is 46.2 Å². The van der Waals surface area contributed by atoms with Gasteiger partial charge in [-0.25, -0.2) is 0 Å². The van der Waals surface area contributed by atoms with Crippen LogP contribution in [0, 0.1) is 0 Å². The number of methoxy groups -OCH3 is 1. The fourth-order valence-corrected chi connectivity index (χ4v) is 2.80. The first-order chi connectivity index (χ1) is 11.7. The number of rotatable bonds is 7. The number of benzene rings is 1. The molecule has 1 amide bonds. The van der Waals surface area contributed by atoms with Gasteiger partial charge in [0.2, 0.25) is 11.8 Å². The summed E-state index contributed by atoms with van der Waals surface area (Å²) in [7, 11) is 1.61. The number of hydrogen-bond acceptors (Lipinski definition) is 6. The van der Waals surface area contributed by atoms with Gasteiger partial charge in [-0.15, -0.1) is 21.5 Å². The summed E-state index contributed by atoms with van der Waals surface area (Å²) in [6, 6.07) is 11.3. The molecule has 0 bridgehead atoms. The van der Waals surface area contributed by atoms with Crippen molar-refractivity contribution in [2.24, 2.45) is 0 Å². The van der Waals surface area contributed by atoms with E-state index >= 15 is 0 Å².